The summed E-state index contributed by atoms with van der Waals surface area (Å²) in [5.41, 5.74) is 3.85. The maximum Gasteiger partial charge on any atom is 0.170 e. The van der Waals surface area contributed by atoms with Crippen LogP contribution in [0.25, 0.3) is 0 Å². The van der Waals surface area contributed by atoms with Gasteiger partial charge in [-0.25, -0.2) is 0 Å². The van der Waals surface area contributed by atoms with Crippen LogP contribution in [0.2, 0.25) is 0 Å². The van der Waals surface area contributed by atoms with E-state index in [1.54, 1.807) is 0 Å². The van der Waals surface area contributed by atoms with E-state index in [2.05, 4.69) is 70.4 Å². The highest BCUT2D eigenvalue weighted by Gasteiger charge is 2.15. The van der Waals surface area contributed by atoms with Gasteiger partial charge in [0.2, 0.25) is 0 Å². The van der Waals surface area contributed by atoms with Crippen molar-refractivity contribution in [1.82, 2.24) is 5.32 Å². The highest BCUT2D eigenvalue weighted by molar-refractivity contribution is 7.80. The lowest BCUT2D eigenvalue weighted by Crippen LogP contribution is -2.33. The van der Waals surface area contributed by atoms with Crippen LogP contribution >= 0.6 is 12.2 Å². The molecule has 124 valence electrons. The van der Waals surface area contributed by atoms with Gasteiger partial charge in [-0.2, -0.15) is 0 Å². The fraction of sp³-hybridized carbons (Fsp3) is 0.632. The molecule has 22 heavy (non-hydrogen) atoms. The first kappa shape index (κ1) is 19.0. The van der Waals surface area contributed by atoms with Crippen molar-refractivity contribution in [2.24, 2.45) is 5.92 Å². The van der Waals surface area contributed by atoms with E-state index < -0.39 is 0 Å². The number of anilines is 1. The van der Waals surface area contributed by atoms with Crippen LogP contribution in [0.5, 0.6) is 0 Å². The average Bonchev–Trinajstić information content (AvgIpc) is 2.47. The topological polar surface area (TPSA) is 24.1 Å². The maximum atomic E-state index is 5.52. The van der Waals surface area contributed by atoms with E-state index in [0.717, 1.165) is 11.7 Å². The first-order chi connectivity index (χ1) is 10.4. The monoisotopic (exact) mass is 320 g/mol. The summed E-state index contributed by atoms with van der Waals surface area (Å²) >= 11 is 5.52. The number of thiocarbonyl (C=S) groups is 1. The Morgan fingerprint density at radius 2 is 1.50 bits per heavy atom. The van der Waals surface area contributed by atoms with Crippen LogP contribution in [-0.2, 0) is 0 Å². The van der Waals surface area contributed by atoms with E-state index in [1.807, 2.05) is 0 Å². The quantitative estimate of drug-likeness (QED) is 0.634. The summed E-state index contributed by atoms with van der Waals surface area (Å²) in [4.78, 5) is 0. The van der Waals surface area contributed by atoms with E-state index in [0.29, 0.717) is 17.8 Å². The summed E-state index contributed by atoms with van der Waals surface area (Å²) in [6.07, 6.45) is 2.37. The molecule has 0 saturated carbocycles. The number of nitrogens with one attached hydrogen (secondary N) is 2. The normalized spacial score (nSPS) is 11.3. The Bertz CT molecular complexity index is 450. The molecule has 0 aliphatic rings. The largest absolute Gasteiger partial charge is 0.362 e. The zero-order chi connectivity index (χ0) is 16.7. The number of para-hydroxylation sites is 1. The second kappa shape index (κ2) is 9.14. The van der Waals surface area contributed by atoms with Gasteiger partial charge in [0.05, 0.1) is 0 Å². The van der Waals surface area contributed by atoms with Crippen LogP contribution in [0.4, 0.5) is 5.69 Å². The predicted octanol–water partition coefficient (Wildman–Crippen LogP) is 5.66. The van der Waals surface area contributed by atoms with Gasteiger partial charge in [-0.15, -0.1) is 0 Å². The Labute approximate surface area is 142 Å². The van der Waals surface area contributed by atoms with Crippen LogP contribution in [0.1, 0.15) is 77.3 Å². The Morgan fingerprint density at radius 1 is 1.00 bits per heavy atom. The molecule has 0 heterocycles. The molecule has 0 aliphatic carbocycles. The highest BCUT2D eigenvalue weighted by atomic mass is 32.1. The second-order valence-electron chi connectivity index (χ2n) is 6.64. The molecule has 2 N–H and O–H groups in total. The third kappa shape index (κ3) is 5.28. The van der Waals surface area contributed by atoms with Gasteiger partial charge in [-0.1, -0.05) is 72.6 Å². The van der Waals surface area contributed by atoms with Gasteiger partial charge in [0.25, 0.3) is 0 Å². The van der Waals surface area contributed by atoms with E-state index in [4.69, 9.17) is 12.2 Å². The highest BCUT2D eigenvalue weighted by Crippen LogP contribution is 2.32. The van der Waals surface area contributed by atoms with Crippen molar-refractivity contribution in [1.29, 1.82) is 0 Å². The number of rotatable bonds is 7. The Morgan fingerprint density at radius 3 is 1.91 bits per heavy atom. The van der Waals surface area contributed by atoms with Crippen molar-refractivity contribution in [3.63, 3.8) is 0 Å². The molecule has 2 nitrogen and oxygen atoms in total. The zero-order valence-electron chi connectivity index (χ0n) is 15.0. The summed E-state index contributed by atoms with van der Waals surface area (Å²) in [6, 6.07) is 6.54. The Hall–Kier alpha value is -1.09. The lowest BCUT2D eigenvalue weighted by atomic mass is 9.93. The van der Waals surface area contributed by atoms with Crippen LogP contribution in [-0.4, -0.2) is 11.7 Å². The van der Waals surface area contributed by atoms with Crippen molar-refractivity contribution >= 4 is 23.0 Å². The third-order valence-corrected chi connectivity index (χ3v) is 4.56. The molecular formula is C19H32N2S. The minimum absolute atomic E-state index is 0.475. The van der Waals surface area contributed by atoms with Gasteiger partial charge in [-0.05, 0) is 41.1 Å². The molecule has 1 aromatic rings. The second-order valence-corrected chi connectivity index (χ2v) is 7.05. The van der Waals surface area contributed by atoms with Crippen molar-refractivity contribution in [3.05, 3.63) is 29.3 Å². The van der Waals surface area contributed by atoms with Crippen molar-refractivity contribution < 1.29 is 0 Å². The lowest BCUT2D eigenvalue weighted by Gasteiger charge is -2.22. The molecule has 0 radical (unpaired) electrons. The Balaban J connectivity index is 2.89. The molecule has 0 aliphatic heterocycles. The fourth-order valence-electron chi connectivity index (χ4n) is 2.67. The molecule has 1 aromatic carbocycles. The molecule has 0 unspecified atom stereocenters. The van der Waals surface area contributed by atoms with Gasteiger partial charge < -0.3 is 10.6 Å². The first-order valence-electron chi connectivity index (χ1n) is 8.58. The lowest BCUT2D eigenvalue weighted by molar-refractivity contribution is 0.485. The Kier molecular flexibility index (Phi) is 7.88. The van der Waals surface area contributed by atoms with Crippen molar-refractivity contribution in [2.45, 2.75) is 66.2 Å². The van der Waals surface area contributed by atoms with Crippen molar-refractivity contribution in [3.8, 4) is 0 Å². The SMILES string of the molecule is CCC(CC)CNC(=S)Nc1c(C(C)C)cccc1C(C)C. The molecule has 0 saturated heterocycles. The number of hydrogen-bond acceptors (Lipinski definition) is 1. The van der Waals surface area contributed by atoms with E-state index in [-0.39, 0.29) is 0 Å². The standard InChI is InChI=1S/C19H32N2S/c1-7-15(8-2)12-20-19(22)21-18-16(13(3)4)10-9-11-17(18)14(5)6/h9-11,13-15H,7-8,12H2,1-6H3,(H2,20,21,22). The summed E-state index contributed by atoms with van der Waals surface area (Å²) < 4.78 is 0. The number of hydrogen-bond donors (Lipinski definition) is 2. The van der Waals surface area contributed by atoms with Crippen LogP contribution in [0.3, 0.4) is 0 Å². The minimum atomic E-state index is 0.475. The zero-order valence-corrected chi connectivity index (χ0v) is 15.8. The number of benzene rings is 1. The van der Waals surface area contributed by atoms with Crippen LogP contribution in [0.15, 0.2) is 18.2 Å². The van der Waals surface area contributed by atoms with E-state index in [1.165, 1.54) is 29.7 Å². The molecule has 0 fully saturated rings. The maximum absolute atomic E-state index is 5.52. The molecule has 0 spiro atoms. The molecule has 3 heteroatoms. The van der Waals surface area contributed by atoms with Gasteiger partial charge in [0.1, 0.15) is 0 Å². The third-order valence-electron chi connectivity index (χ3n) is 4.32. The van der Waals surface area contributed by atoms with Crippen molar-refractivity contribution in [2.75, 3.05) is 11.9 Å². The molecule has 1 rings (SSSR count). The smallest absolute Gasteiger partial charge is 0.170 e. The molecular weight excluding hydrogens is 288 g/mol. The summed E-state index contributed by atoms with van der Waals surface area (Å²) in [5, 5.41) is 7.59. The van der Waals surface area contributed by atoms with Gasteiger partial charge in [0, 0.05) is 12.2 Å². The predicted molar refractivity (Wildman–Crippen MR) is 103 cm³/mol. The van der Waals surface area contributed by atoms with Gasteiger partial charge in [0.15, 0.2) is 5.11 Å². The summed E-state index contributed by atoms with van der Waals surface area (Å²) in [5.74, 6) is 1.63. The van der Waals surface area contributed by atoms with Crippen LogP contribution in [0, 0.1) is 5.92 Å². The fourth-order valence-corrected chi connectivity index (χ4v) is 2.85. The van der Waals surface area contributed by atoms with E-state index in [9.17, 15) is 0 Å². The molecule has 0 aromatic heterocycles. The summed E-state index contributed by atoms with van der Waals surface area (Å²) in [6.45, 7) is 14.3. The van der Waals surface area contributed by atoms with Gasteiger partial charge in [-0.3, -0.25) is 0 Å². The molecule has 0 amide bonds. The average molecular weight is 321 g/mol. The van der Waals surface area contributed by atoms with Gasteiger partial charge >= 0.3 is 0 Å². The molecule has 0 atom stereocenters. The van der Waals surface area contributed by atoms with E-state index >= 15 is 0 Å². The summed E-state index contributed by atoms with van der Waals surface area (Å²) in [7, 11) is 0. The minimum Gasteiger partial charge on any atom is -0.362 e. The first-order valence-corrected chi connectivity index (χ1v) is 8.99. The van der Waals surface area contributed by atoms with Crippen LogP contribution < -0.4 is 10.6 Å². The molecule has 0 bridgehead atoms.